The van der Waals surface area contributed by atoms with Crippen molar-refractivity contribution < 1.29 is 14.4 Å². The van der Waals surface area contributed by atoms with Gasteiger partial charge in [-0.05, 0) is 32.9 Å². The predicted molar refractivity (Wildman–Crippen MR) is 85.7 cm³/mol. The molecular weight excluding hydrogens is 296 g/mol. The van der Waals surface area contributed by atoms with Crippen molar-refractivity contribution in [2.75, 3.05) is 19.6 Å². The van der Waals surface area contributed by atoms with Crippen molar-refractivity contribution in [1.29, 1.82) is 0 Å². The first-order valence-electron chi connectivity index (χ1n) is 8.27. The fraction of sp³-hybridized carbons (Fsp3) is 0.812. The molecule has 0 saturated carbocycles. The number of aliphatic hydroxyl groups excluding tert-OH is 1. The van der Waals surface area contributed by atoms with Crippen molar-refractivity contribution in [2.45, 2.75) is 58.6 Å². The van der Waals surface area contributed by atoms with Gasteiger partial charge in [0.05, 0.1) is 12.6 Å². The van der Waals surface area contributed by atoms with Gasteiger partial charge in [0.1, 0.15) is 0 Å². The molecule has 1 aromatic rings. The molecule has 0 bridgehead atoms. The van der Waals surface area contributed by atoms with E-state index in [1.54, 1.807) is 6.92 Å². The molecule has 1 amide bonds. The highest BCUT2D eigenvalue weighted by Crippen LogP contribution is 2.22. The van der Waals surface area contributed by atoms with Crippen LogP contribution >= 0.6 is 0 Å². The molecule has 1 atom stereocenters. The quantitative estimate of drug-likeness (QED) is 0.842. The van der Waals surface area contributed by atoms with Gasteiger partial charge in [-0.2, -0.15) is 4.98 Å². The van der Waals surface area contributed by atoms with E-state index >= 15 is 0 Å². The number of aliphatic hydroxyl groups is 1. The van der Waals surface area contributed by atoms with Crippen LogP contribution < -0.4 is 5.32 Å². The number of hydrogen-bond donors (Lipinski definition) is 2. The third-order valence-corrected chi connectivity index (χ3v) is 4.00. The molecule has 1 fully saturated rings. The Balaban J connectivity index is 1.78. The van der Waals surface area contributed by atoms with Crippen LogP contribution in [0, 0.1) is 5.92 Å². The Hall–Kier alpha value is -1.47. The summed E-state index contributed by atoms with van der Waals surface area (Å²) < 4.78 is 5.31. The van der Waals surface area contributed by atoms with Gasteiger partial charge in [-0.25, -0.2) is 0 Å². The highest BCUT2D eigenvalue weighted by Gasteiger charge is 2.27. The molecule has 0 aromatic carbocycles. The lowest BCUT2D eigenvalue weighted by atomic mass is 9.96. The maximum atomic E-state index is 12.0. The minimum absolute atomic E-state index is 0.0282. The average Bonchev–Trinajstić information content (AvgIpc) is 2.94. The van der Waals surface area contributed by atoms with Crippen molar-refractivity contribution in [1.82, 2.24) is 20.4 Å². The van der Waals surface area contributed by atoms with Gasteiger partial charge in [0, 0.05) is 17.9 Å². The Kier molecular flexibility index (Phi) is 5.75. The minimum Gasteiger partial charge on any atom is -0.392 e. The summed E-state index contributed by atoms with van der Waals surface area (Å²) in [5, 5.41) is 16.1. The van der Waals surface area contributed by atoms with Gasteiger partial charge >= 0.3 is 0 Å². The van der Waals surface area contributed by atoms with E-state index in [-0.39, 0.29) is 17.2 Å². The van der Waals surface area contributed by atoms with E-state index < -0.39 is 6.10 Å². The number of likely N-dealkylation sites (tertiary alicyclic amines) is 1. The van der Waals surface area contributed by atoms with Crippen molar-refractivity contribution >= 4 is 5.91 Å². The maximum Gasteiger partial charge on any atom is 0.232 e. The third-order valence-electron chi connectivity index (χ3n) is 4.00. The van der Waals surface area contributed by atoms with Gasteiger partial charge in [-0.15, -0.1) is 0 Å². The molecule has 1 aliphatic heterocycles. The highest BCUT2D eigenvalue weighted by atomic mass is 16.5. The first-order valence-corrected chi connectivity index (χ1v) is 8.27. The summed E-state index contributed by atoms with van der Waals surface area (Å²) >= 11 is 0. The Morgan fingerprint density at radius 1 is 1.43 bits per heavy atom. The summed E-state index contributed by atoms with van der Waals surface area (Å²) in [5.41, 5.74) is -0.139. The standard InChI is InChI=1S/C16H28N4O3/c1-11(21)9-17-14(22)12-5-7-20(8-6-12)10-13-18-15(23-19-13)16(2,3)4/h11-12,21H,5-10H2,1-4H3,(H,17,22)/t11-/m0/s1. The number of nitrogens with one attached hydrogen (secondary N) is 1. The topological polar surface area (TPSA) is 91.5 Å². The number of aromatic nitrogens is 2. The molecule has 0 spiro atoms. The zero-order valence-electron chi connectivity index (χ0n) is 14.5. The Labute approximate surface area is 137 Å². The lowest BCUT2D eigenvalue weighted by Crippen LogP contribution is -2.42. The van der Waals surface area contributed by atoms with Crippen molar-refractivity contribution in [3.05, 3.63) is 11.7 Å². The summed E-state index contributed by atoms with van der Waals surface area (Å²) in [4.78, 5) is 18.7. The number of hydrogen-bond acceptors (Lipinski definition) is 6. The zero-order chi connectivity index (χ0) is 17.0. The van der Waals surface area contributed by atoms with E-state index in [1.165, 1.54) is 0 Å². The van der Waals surface area contributed by atoms with E-state index in [1.807, 2.05) is 20.8 Å². The largest absolute Gasteiger partial charge is 0.392 e. The SMILES string of the molecule is C[C@H](O)CNC(=O)C1CCN(Cc2noc(C(C)(C)C)n2)CC1. The van der Waals surface area contributed by atoms with Crippen LogP contribution in [0.2, 0.25) is 0 Å². The summed E-state index contributed by atoms with van der Waals surface area (Å²) in [6, 6.07) is 0. The van der Waals surface area contributed by atoms with Crippen LogP contribution in [0.25, 0.3) is 0 Å². The fourth-order valence-electron chi connectivity index (χ4n) is 2.57. The van der Waals surface area contributed by atoms with Gasteiger partial charge in [0.25, 0.3) is 0 Å². The fourth-order valence-corrected chi connectivity index (χ4v) is 2.57. The summed E-state index contributed by atoms with van der Waals surface area (Å²) in [5.74, 6) is 1.42. The second kappa shape index (κ2) is 7.40. The molecule has 7 nitrogen and oxygen atoms in total. The lowest BCUT2D eigenvalue weighted by molar-refractivity contribution is -0.126. The van der Waals surface area contributed by atoms with Gasteiger partial charge in [0.2, 0.25) is 11.8 Å². The normalized spacial score (nSPS) is 18.8. The lowest BCUT2D eigenvalue weighted by Gasteiger charge is -2.30. The van der Waals surface area contributed by atoms with Gasteiger partial charge in [0.15, 0.2) is 5.82 Å². The van der Waals surface area contributed by atoms with Gasteiger partial charge < -0.3 is 14.9 Å². The molecule has 1 aliphatic rings. The average molecular weight is 324 g/mol. The van der Waals surface area contributed by atoms with Crippen molar-refractivity contribution in [3.8, 4) is 0 Å². The van der Waals surface area contributed by atoms with Crippen LogP contribution in [-0.4, -0.2) is 51.8 Å². The molecule has 0 aliphatic carbocycles. The Morgan fingerprint density at radius 2 is 2.09 bits per heavy atom. The van der Waals surface area contributed by atoms with Crippen molar-refractivity contribution in [2.24, 2.45) is 5.92 Å². The van der Waals surface area contributed by atoms with Crippen LogP contribution in [0.3, 0.4) is 0 Å². The molecular formula is C16H28N4O3. The number of amides is 1. The number of piperidine rings is 1. The molecule has 2 N–H and O–H groups in total. The number of rotatable bonds is 5. The molecule has 2 heterocycles. The van der Waals surface area contributed by atoms with E-state index in [4.69, 9.17) is 4.52 Å². The first kappa shape index (κ1) is 17.9. The van der Waals surface area contributed by atoms with E-state index in [0.29, 0.717) is 24.8 Å². The molecule has 0 unspecified atom stereocenters. The summed E-state index contributed by atoms with van der Waals surface area (Å²) in [6.45, 7) is 10.4. The molecule has 1 aromatic heterocycles. The Bertz CT molecular complexity index is 514. The minimum atomic E-state index is -0.505. The molecule has 1 saturated heterocycles. The van der Waals surface area contributed by atoms with E-state index in [2.05, 4.69) is 20.4 Å². The summed E-state index contributed by atoms with van der Waals surface area (Å²) in [6.07, 6.45) is 1.12. The molecule has 0 radical (unpaired) electrons. The monoisotopic (exact) mass is 324 g/mol. The molecule has 23 heavy (non-hydrogen) atoms. The molecule has 130 valence electrons. The highest BCUT2D eigenvalue weighted by molar-refractivity contribution is 5.78. The van der Waals surface area contributed by atoms with Crippen LogP contribution in [0.1, 0.15) is 52.3 Å². The second-order valence-electron chi connectivity index (χ2n) is 7.41. The zero-order valence-corrected chi connectivity index (χ0v) is 14.5. The number of carbonyl (C=O) groups excluding carboxylic acids is 1. The molecule has 2 rings (SSSR count). The predicted octanol–water partition coefficient (Wildman–Crippen LogP) is 1.08. The third kappa shape index (κ3) is 5.28. The Morgan fingerprint density at radius 3 is 2.61 bits per heavy atom. The van der Waals surface area contributed by atoms with Crippen LogP contribution in [0.15, 0.2) is 4.52 Å². The maximum absolute atomic E-state index is 12.0. The second-order valence-corrected chi connectivity index (χ2v) is 7.41. The summed E-state index contributed by atoms with van der Waals surface area (Å²) in [7, 11) is 0. The van der Waals surface area contributed by atoms with Crippen LogP contribution in [-0.2, 0) is 16.8 Å². The molecule has 7 heteroatoms. The van der Waals surface area contributed by atoms with E-state index in [0.717, 1.165) is 25.9 Å². The number of carbonyl (C=O) groups is 1. The van der Waals surface area contributed by atoms with E-state index in [9.17, 15) is 9.90 Å². The first-order chi connectivity index (χ1) is 10.8. The van der Waals surface area contributed by atoms with Gasteiger partial charge in [-0.1, -0.05) is 25.9 Å². The smallest absolute Gasteiger partial charge is 0.232 e. The van der Waals surface area contributed by atoms with Crippen LogP contribution in [0.5, 0.6) is 0 Å². The van der Waals surface area contributed by atoms with Crippen molar-refractivity contribution in [3.63, 3.8) is 0 Å². The van der Waals surface area contributed by atoms with Crippen LogP contribution in [0.4, 0.5) is 0 Å². The van der Waals surface area contributed by atoms with Gasteiger partial charge in [-0.3, -0.25) is 9.69 Å². The number of nitrogens with zero attached hydrogens (tertiary/aromatic N) is 3.